The van der Waals surface area contributed by atoms with Gasteiger partial charge in [-0.1, -0.05) is 6.07 Å². The van der Waals surface area contributed by atoms with E-state index in [0.717, 1.165) is 24.3 Å². The Morgan fingerprint density at radius 3 is 2.86 bits per heavy atom. The normalized spacial score (nSPS) is 10.1. The van der Waals surface area contributed by atoms with Gasteiger partial charge in [0.2, 0.25) is 0 Å². The number of phenols is 1. The van der Waals surface area contributed by atoms with Crippen LogP contribution in [0.3, 0.4) is 0 Å². The zero-order valence-electron chi connectivity index (χ0n) is 8.71. The molecule has 0 saturated heterocycles. The quantitative estimate of drug-likeness (QED) is 0.749. The Labute approximate surface area is 84.7 Å². The summed E-state index contributed by atoms with van der Waals surface area (Å²) in [4.78, 5) is 0. The molecule has 0 aromatic heterocycles. The Kier molecular flexibility index (Phi) is 4.26. The highest BCUT2D eigenvalue weighted by Crippen LogP contribution is 2.27. The molecule has 0 saturated carbocycles. The van der Waals surface area contributed by atoms with Crippen LogP contribution in [0.25, 0.3) is 0 Å². The van der Waals surface area contributed by atoms with Gasteiger partial charge in [0.05, 0.1) is 6.61 Å². The molecule has 0 radical (unpaired) electrons. The Morgan fingerprint density at radius 2 is 2.21 bits per heavy atom. The SMILES string of the molecule is CCOc1cccc(O)c1CCNC. The second-order valence-corrected chi connectivity index (χ2v) is 3.04. The van der Waals surface area contributed by atoms with Crippen LogP contribution in [0.4, 0.5) is 0 Å². The minimum atomic E-state index is 0.311. The van der Waals surface area contributed by atoms with Crippen LogP contribution in [-0.4, -0.2) is 25.3 Å². The predicted molar refractivity (Wildman–Crippen MR) is 56.9 cm³/mol. The van der Waals surface area contributed by atoms with E-state index in [0.29, 0.717) is 12.4 Å². The third-order valence-electron chi connectivity index (χ3n) is 2.03. The summed E-state index contributed by atoms with van der Waals surface area (Å²) in [5.41, 5.74) is 0.878. The van der Waals surface area contributed by atoms with Crippen molar-refractivity contribution in [2.45, 2.75) is 13.3 Å². The van der Waals surface area contributed by atoms with Gasteiger partial charge >= 0.3 is 0 Å². The van der Waals surface area contributed by atoms with Crippen molar-refractivity contribution in [2.24, 2.45) is 0 Å². The van der Waals surface area contributed by atoms with Crippen LogP contribution in [0, 0.1) is 0 Å². The average molecular weight is 195 g/mol. The molecule has 0 fully saturated rings. The van der Waals surface area contributed by atoms with Crippen molar-refractivity contribution in [3.8, 4) is 11.5 Å². The molecule has 3 nitrogen and oxygen atoms in total. The van der Waals surface area contributed by atoms with Gasteiger partial charge in [0, 0.05) is 5.56 Å². The zero-order chi connectivity index (χ0) is 10.4. The molecule has 1 aromatic carbocycles. The molecule has 1 aromatic rings. The number of rotatable bonds is 5. The van der Waals surface area contributed by atoms with Gasteiger partial charge in [-0.05, 0) is 39.1 Å². The highest BCUT2D eigenvalue weighted by Gasteiger charge is 2.07. The molecule has 1 rings (SSSR count). The van der Waals surface area contributed by atoms with Crippen LogP contribution < -0.4 is 10.1 Å². The smallest absolute Gasteiger partial charge is 0.126 e. The summed E-state index contributed by atoms with van der Waals surface area (Å²) in [5, 5.41) is 12.7. The first-order valence-corrected chi connectivity index (χ1v) is 4.87. The van der Waals surface area contributed by atoms with Crippen molar-refractivity contribution < 1.29 is 9.84 Å². The van der Waals surface area contributed by atoms with Crippen molar-refractivity contribution in [1.82, 2.24) is 5.32 Å². The van der Waals surface area contributed by atoms with Gasteiger partial charge in [-0.15, -0.1) is 0 Å². The van der Waals surface area contributed by atoms with Crippen molar-refractivity contribution in [2.75, 3.05) is 20.2 Å². The third-order valence-corrected chi connectivity index (χ3v) is 2.03. The highest BCUT2D eigenvalue weighted by molar-refractivity contribution is 5.44. The van der Waals surface area contributed by atoms with Gasteiger partial charge in [-0.2, -0.15) is 0 Å². The number of benzene rings is 1. The van der Waals surface area contributed by atoms with Crippen LogP contribution in [0.15, 0.2) is 18.2 Å². The van der Waals surface area contributed by atoms with Gasteiger partial charge in [-0.25, -0.2) is 0 Å². The molecule has 0 bridgehead atoms. The first-order valence-electron chi connectivity index (χ1n) is 4.87. The minimum absolute atomic E-state index is 0.311. The van der Waals surface area contributed by atoms with Gasteiger partial charge in [0.25, 0.3) is 0 Å². The monoisotopic (exact) mass is 195 g/mol. The number of hydrogen-bond acceptors (Lipinski definition) is 3. The number of likely N-dealkylation sites (N-methyl/N-ethyl adjacent to an activating group) is 1. The lowest BCUT2D eigenvalue weighted by Crippen LogP contribution is -2.11. The van der Waals surface area contributed by atoms with E-state index in [1.807, 2.05) is 20.0 Å². The lowest BCUT2D eigenvalue weighted by Gasteiger charge is -2.11. The van der Waals surface area contributed by atoms with Crippen LogP contribution >= 0.6 is 0 Å². The maximum absolute atomic E-state index is 9.64. The fourth-order valence-corrected chi connectivity index (χ4v) is 1.35. The second-order valence-electron chi connectivity index (χ2n) is 3.04. The molecule has 0 unspecified atom stereocenters. The second kappa shape index (κ2) is 5.50. The molecule has 78 valence electrons. The van der Waals surface area contributed by atoms with Gasteiger partial charge in [-0.3, -0.25) is 0 Å². The van der Waals surface area contributed by atoms with E-state index in [9.17, 15) is 5.11 Å². The maximum atomic E-state index is 9.64. The summed E-state index contributed by atoms with van der Waals surface area (Å²) >= 11 is 0. The molecular weight excluding hydrogens is 178 g/mol. The van der Waals surface area contributed by atoms with Crippen molar-refractivity contribution in [3.05, 3.63) is 23.8 Å². The van der Waals surface area contributed by atoms with E-state index in [1.54, 1.807) is 12.1 Å². The number of phenolic OH excluding ortho intramolecular Hbond substituents is 1. The number of nitrogens with one attached hydrogen (secondary N) is 1. The van der Waals surface area contributed by atoms with Crippen LogP contribution in [0.5, 0.6) is 11.5 Å². The van der Waals surface area contributed by atoms with Gasteiger partial charge in [0.1, 0.15) is 11.5 Å². The van der Waals surface area contributed by atoms with Crippen molar-refractivity contribution >= 4 is 0 Å². The molecule has 0 heterocycles. The molecule has 0 aliphatic rings. The first-order chi connectivity index (χ1) is 6.79. The predicted octanol–water partition coefficient (Wildman–Crippen LogP) is 1.55. The van der Waals surface area contributed by atoms with E-state index < -0.39 is 0 Å². The van der Waals surface area contributed by atoms with Crippen molar-refractivity contribution in [1.29, 1.82) is 0 Å². The number of ether oxygens (including phenoxy) is 1. The Morgan fingerprint density at radius 1 is 1.43 bits per heavy atom. The Balaban J connectivity index is 2.84. The fraction of sp³-hybridized carbons (Fsp3) is 0.455. The molecular formula is C11H17NO2. The molecule has 0 amide bonds. The standard InChI is InChI=1S/C11H17NO2/c1-3-14-11-6-4-5-10(13)9(11)7-8-12-2/h4-6,12-13H,3,7-8H2,1-2H3. The molecule has 14 heavy (non-hydrogen) atoms. The van der Waals surface area contributed by atoms with Crippen molar-refractivity contribution in [3.63, 3.8) is 0 Å². The Bertz CT molecular complexity index is 287. The van der Waals surface area contributed by atoms with E-state index in [-0.39, 0.29) is 0 Å². The first kappa shape index (κ1) is 10.9. The van der Waals surface area contributed by atoms with Gasteiger partial charge < -0.3 is 15.2 Å². The summed E-state index contributed by atoms with van der Waals surface area (Å²) in [7, 11) is 1.89. The van der Waals surface area contributed by atoms with E-state index in [4.69, 9.17) is 4.74 Å². The van der Waals surface area contributed by atoms with Crippen LogP contribution in [0.2, 0.25) is 0 Å². The highest BCUT2D eigenvalue weighted by atomic mass is 16.5. The van der Waals surface area contributed by atoms with Crippen LogP contribution in [-0.2, 0) is 6.42 Å². The lowest BCUT2D eigenvalue weighted by molar-refractivity contribution is 0.332. The largest absolute Gasteiger partial charge is 0.508 e. The van der Waals surface area contributed by atoms with E-state index in [1.165, 1.54) is 0 Å². The molecule has 2 N–H and O–H groups in total. The topological polar surface area (TPSA) is 41.5 Å². The number of hydrogen-bond donors (Lipinski definition) is 2. The maximum Gasteiger partial charge on any atom is 0.126 e. The van der Waals surface area contributed by atoms with E-state index in [2.05, 4.69) is 5.32 Å². The summed E-state index contributed by atoms with van der Waals surface area (Å²) in [6.45, 7) is 3.39. The third kappa shape index (κ3) is 2.64. The fourth-order valence-electron chi connectivity index (χ4n) is 1.35. The molecule has 0 atom stereocenters. The average Bonchev–Trinajstić information content (AvgIpc) is 2.18. The number of aromatic hydroxyl groups is 1. The zero-order valence-corrected chi connectivity index (χ0v) is 8.71. The van der Waals surface area contributed by atoms with Gasteiger partial charge in [0.15, 0.2) is 0 Å². The molecule has 0 aliphatic heterocycles. The molecule has 0 aliphatic carbocycles. The van der Waals surface area contributed by atoms with Crippen LogP contribution in [0.1, 0.15) is 12.5 Å². The summed E-state index contributed by atoms with van der Waals surface area (Å²) in [6, 6.07) is 5.37. The summed E-state index contributed by atoms with van der Waals surface area (Å²) in [6.07, 6.45) is 0.776. The lowest BCUT2D eigenvalue weighted by atomic mass is 10.1. The summed E-state index contributed by atoms with van der Waals surface area (Å²) < 4.78 is 5.43. The Hall–Kier alpha value is -1.22. The molecule has 0 spiro atoms. The minimum Gasteiger partial charge on any atom is -0.508 e. The molecule has 3 heteroatoms. The summed E-state index contributed by atoms with van der Waals surface area (Å²) in [5.74, 6) is 1.09. The van der Waals surface area contributed by atoms with E-state index >= 15 is 0 Å².